The lowest BCUT2D eigenvalue weighted by molar-refractivity contribution is 0.103. The molecule has 2 aromatic rings. The molecular formula is C12H9ClN2O. The molecule has 0 aliphatic heterocycles. The van der Waals surface area contributed by atoms with E-state index in [0.717, 1.165) is 0 Å². The fraction of sp³-hybridized carbons (Fsp3) is 0. The lowest BCUT2D eigenvalue weighted by Gasteiger charge is -2.01. The second-order valence-electron chi connectivity index (χ2n) is 3.32. The Bertz CT molecular complexity index is 523. The van der Waals surface area contributed by atoms with Crippen molar-refractivity contribution in [2.24, 2.45) is 0 Å². The molecule has 0 radical (unpaired) electrons. The molecule has 4 heteroatoms. The van der Waals surface area contributed by atoms with Gasteiger partial charge in [-0.15, -0.1) is 0 Å². The van der Waals surface area contributed by atoms with Gasteiger partial charge >= 0.3 is 0 Å². The molecule has 1 heterocycles. The zero-order chi connectivity index (χ0) is 11.5. The van der Waals surface area contributed by atoms with Crippen LogP contribution < -0.4 is 5.73 Å². The maximum absolute atomic E-state index is 11.9. The molecule has 3 nitrogen and oxygen atoms in total. The summed E-state index contributed by atoms with van der Waals surface area (Å²) in [5, 5.41) is 0.529. The number of rotatable bonds is 2. The van der Waals surface area contributed by atoms with Crippen LogP contribution >= 0.6 is 11.6 Å². The molecule has 16 heavy (non-hydrogen) atoms. The minimum absolute atomic E-state index is 0.164. The van der Waals surface area contributed by atoms with E-state index >= 15 is 0 Å². The summed E-state index contributed by atoms with van der Waals surface area (Å²) >= 11 is 5.81. The summed E-state index contributed by atoms with van der Waals surface area (Å²) in [5.41, 5.74) is 6.90. The summed E-state index contributed by atoms with van der Waals surface area (Å²) in [6.45, 7) is 0. The smallest absolute Gasteiger partial charge is 0.211 e. The van der Waals surface area contributed by atoms with Crippen LogP contribution in [0.15, 0.2) is 42.6 Å². The van der Waals surface area contributed by atoms with Gasteiger partial charge in [-0.05, 0) is 24.3 Å². The number of nitrogens with zero attached hydrogens (tertiary/aromatic N) is 1. The Morgan fingerprint density at radius 2 is 2.06 bits per heavy atom. The number of ketones is 1. The van der Waals surface area contributed by atoms with Gasteiger partial charge in [0, 0.05) is 10.6 Å². The molecule has 1 aromatic carbocycles. The van der Waals surface area contributed by atoms with E-state index in [9.17, 15) is 4.79 Å². The third-order valence-electron chi connectivity index (χ3n) is 2.11. The average Bonchev–Trinajstić information content (AvgIpc) is 2.29. The van der Waals surface area contributed by atoms with Crippen LogP contribution in [0.1, 0.15) is 16.1 Å². The second-order valence-corrected chi connectivity index (χ2v) is 3.75. The molecule has 2 rings (SSSR count). The lowest BCUT2D eigenvalue weighted by atomic mass is 10.1. The van der Waals surface area contributed by atoms with E-state index in [1.807, 2.05) is 0 Å². The maximum Gasteiger partial charge on any atom is 0.211 e. The first-order chi connectivity index (χ1) is 7.66. The first kappa shape index (κ1) is 10.6. The molecule has 0 aliphatic carbocycles. The van der Waals surface area contributed by atoms with Crippen LogP contribution in [0.3, 0.4) is 0 Å². The van der Waals surface area contributed by atoms with E-state index in [0.29, 0.717) is 22.0 Å². The number of benzene rings is 1. The summed E-state index contributed by atoms with van der Waals surface area (Å²) < 4.78 is 0. The zero-order valence-corrected chi connectivity index (χ0v) is 9.11. The molecule has 0 atom stereocenters. The zero-order valence-electron chi connectivity index (χ0n) is 8.35. The van der Waals surface area contributed by atoms with Gasteiger partial charge in [-0.3, -0.25) is 9.78 Å². The van der Waals surface area contributed by atoms with Crippen molar-refractivity contribution in [3.63, 3.8) is 0 Å². The molecule has 1 aromatic heterocycles. The van der Waals surface area contributed by atoms with E-state index < -0.39 is 0 Å². The van der Waals surface area contributed by atoms with Gasteiger partial charge in [0.15, 0.2) is 0 Å². The molecule has 80 valence electrons. The number of halogens is 1. The topological polar surface area (TPSA) is 56.0 Å². The highest BCUT2D eigenvalue weighted by Gasteiger charge is 2.10. The van der Waals surface area contributed by atoms with Gasteiger partial charge in [0.25, 0.3) is 0 Å². The standard InChI is InChI=1S/C12H9ClN2O/c13-9-3-1-2-8(6-9)12(16)11-5-4-10(14)7-15-11/h1-7H,14H2. The molecule has 0 amide bonds. The number of nitrogens with two attached hydrogens (primary N) is 1. The van der Waals surface area contributed by atoms with Crippen molar-refractivity contribution in [2.75, 3.05) is 5.73 Å². The molecule has 0 spiro atoms. The molecule has 0 saturated heterocycles. The maximum atomic E-state index is 11.9. The van der Waals surface area contributed by atoms with Crippen LogP contribution in [-0.2, 0) is 0 Å². The Kier molecular flexibility index (Phi) is 2.88. The van der Waals surface area contributed by atoms with Crippen molar-refractivity contribution in [1.82, 2.24) is 4.98 Å². The van der Waals surface area contributed by atoms with Gasteiger partial charge in [-0.2, -0.15) is 0 Å². The highest BCUT2D eigenvalue weighted by molar-refractivity contribution is 6.31. The van der Waals surface area contributed by atoms with Gasteiger partial charge in [-0.25, -0.2) is 0 Å². The summed E-state index contributed by atoms with van der Waals surface area (Å²) in [7, 11) is 0. The Balaban J connectivity index is 2.35. The van der Waals surface area contributed by atoms with Gasteiger partial charge in [0.1, 0.15) is 5.69 Å². The monoisotopic (exact) mass is 232 g/mol. The van der Waals surface area contributed by atoms with Crippen molar-refractivity contribution in [2.45, 2.75) is 0 Å². The summed E-state index contributed by atoms with van der Waals surface area (Å²) in [6, 6.07) is 10.00. The van der Waals surface area contributed by atoms with Crippen LogP contribution in [-0.4, -0.2) is 10.8 Å². The summed E-state index contributed by atoms with van der Waals surface area (Å²) in [5.74, 6) is -0.164. The first-order valence-electron chi connectivity index (χ1n) is 4.68. The number of hydrogen-bond donors (Lipinski definition) is 1. The largest absolute Gasteiger partial charge is 0.397 e. The Morgan fingerprint density at radius 1 is 1.25 bits per heavy atom. The highest BCUT2D eigenvalue weighted by atomic mass is 35.5. The van der Waals surface area contributed by atoms with Crippen molar-refractivity contribution >= 4 is 23.1 Å². The van der Waals surface area contributed by atoms with Crippen LogP contribution in [0.2, 0.25) is 5.02 Å². The highest BCUT2D eigenvalue weighted by Crippen LogP contribution is 2.14. The van der Waals surface area contributed by atoms with Gasteiger partial charge < -0.3 is 5.73 Å². The summed E-state index contributed by atoms with van der Waals surface area (Å²) in [6.07, 6.45) is 1.46. The van der Waals surface area contributed by atoms with E-state index in [-0.39, 0.29) is 5.78 Å². The lowest BCUT2D eigenvalue weighted by Crippen LogP contribution is -2.04. The normalized spacial score (nSPS) is 10.1. The first-order valence-corrected chi connectivity index (χ1v) is 5.06. The number of aromatic nitrogens is 1. The molecular weight excluding hydrogens is 224 g/mol. The summed E-state index contributed by atoms with van der Waals surface area (Å²) in [4.78, 5) is 15.9. The van der Waals surface area contributed by atoms with E-state index in [4.69, 9.17) is 17.3 Å². The van der Waals surface area contributed by atoms with Crippen molar-refractivity contribution < 1.29 is 4.79 Å². The number of pyridine rings is 1. The molecule has 0 fully saturated rings. The minimum Gasteiger partial charge on any atom is -0.397 e. The van der Waals surface area contributed by atoms with E-state index in [2.05, 4.69) is 4.98 Å². The van der Waals surface area contributed by atoms with Gasteiger partial charge in [0.05, 0.1) is 11.9 Å². The van der Waals surface area contributed by atoms with Gasteiger partial charge in [0.2, 0.25) is 5.78 Å². The quantitative estimate of drug-likeness (QED) is 0.810. The van der Waals surface area contributed by atoms with Crippen LogP contribution in [0.4, 0.5) is 5.69 Å². The third-order valence-corrected chi connectivity index (χ3v) is 2.34. The number of carbonyl (C=O) groups excluding carboxylic acids is 1. The SMILES string of the molecule is Nc1ccc(C(=O)c2cccc(Cl)c2)nc1. The average molecular weight is 233 g/mol. The Morgan fingerprint density at radius 3 is 2.69 bits per heavy atom. The van der Waals surface area contributed by atoms with Crippen molar-refractivity contribution in [3.05, 3.63) is 58.9 Å². The van der Waals surface area contributed by atoms with Crippen LogP contribution in [0, 0.1) is 0 Å². The van der Waals surface area contributed by atoms with Crippen molar-refractivity contribution in [3.8, 4) is 0 Å². The van der Waals surface area contributed by atoms with Gasteiger partial charge in [-0.1, -0.05) is 23.7 Å². The second kappa shape index (κ2) is 4.33. The van der Waals surface area contributed by atoms with Crippen LogP contribution in [0.25, 0.3) is 0 Å². The Labute approximate surface area is 97.9 Å². The predicted octanol–water partition coefficient (Wildman–Crippen LogP) is 2.55. The fourth-order valence-electron chi connectivity index (χ4n) is 1.32. The predicted molar refractivity (Wildman–Crippen MR) is 63.5 cm³/mol. The molecule has 0 aliphatic rings. The Hall–Kier alpha value is -1.87. The van der Waals surface area contributed by atoms with Crippen LogP contribution in [0.5, 0.6) is 0 Å². The number of hydrogen-bond acceptors (Lipinski definition) is 3. The fourth-order valence-corrected chi connectivity index (χ4v) is 1.51. The minimum atomic E-state index is -0.164. The van der Waals surface area contributed by atoms with E-state index in [1.54, 1.807) is 36.4 Å². The number of anilines is 1. The third kappa shape index (κ3) is 2.20. The number of carbonyl (C=O) groups is 1. The molecule has 0 saturated carbocycles. The molecule has 0 unspecified atom stereocenters. The number of nitrogen functional groups attached to an aromatic ring is 1. The molecule has 0 bridgehead atoms. The van der Waals surface area contributed by atoms with E-state index in [1.165, 1.54) is 6.20 Å². The molecule has 2 N–H and O–H groups in total. The van der Waals surface area contributed by atoms with Crippen molar-refractivity contribution in [1.29, 1.82) is 0 Å².